The SMILES string of the molecule is CCN(CC)c1ccc(C(=O)NS(=O)c2ccc(NCC3CCOCC3)c([N+](=O)[O-])c2)c(Oc2cnc3[nH]ccc3c2)c1. The number of rotatable bonds is 12. The normalized spacial score (nSPS) is 14.3. The van der Waals surface area contributed by atoms with E-state index in [0.717, 1.165) is 37.0 Å². The van der Waals surface area contributed by atoms with Crippen molar-refractivity contribution in [1.29, 1.82) is 0 Å². The van der Waals surface area contributed by atoms with Gasteiger partial charge in [0, 0.05) is 62.3 Å². The van der Waals surface area contributed by atoms with E-state index >= 15 is 0 Å². The van der Waals surface area contributed by atoms with E-state index in [4.69, 9.17) is 9.47 Å². The zero-order valence-corrected chi connectivity index (χ0v) is 24.8. The minimum absolute atomic E-state index is 0.0982. The summed E-state index contributed by atoms with van der Waals surface area (Å²) in [6.07, 6.45) is 5.09. The van der Waals surface area contributed by atoms with Gasteiger partial charge in [-0.25, -0.2) is 9.19 Å². The Labute approximate surface area is 251 Å². The van der Waals surface area contributed by atoms with Crippen LogP contribution in [0.3, 0.4) is 0 Å². The molecule has 0 aliphatic carbocycles. The molecule has 4 aromatic rings. The number of aromatic amines is 1. The summed E-state index contributed by atoms with van der Waals surface area (Å²) in [6, 6.07) is 13.1. The fraction of sp³-hybridized carbons (Fsp3) is 0.333. The van der Waals surface area contributed by atoms with Crippen molar-refractivity contribution in [2.45, 2.75) is 31.6 Å². The number of nitro groups is 1. The number of ether oxygens (including phenoxy) is 2. The Morgan fingerprint density at radius 1 is 1.16 bits per heavy atom. The van der Waals surface area contributed by atoms with Crippen LogP contribution in [0.4, 0.5) is 17.1 Å². The molecule has 12 nitrogen and oxygen atoms in total. The van der Waals surface area contributed by atoms with Crippen LogP contribution in [0.5, 0.6) is 11.5 Å². The number of hydrogen-bond donors (Lipinski definition) is 3. The lowest BCUT2D eigenvalue weighted by Crippen LogP contribution is -2.27. The Bertz CT molecular complexity index is 1630. The van der Waals surface area contributed by atoms with Gasteiger partial charge < -0.3 is 24.7 Å². The molecule has 0 radical (unpaired) electrons. The summed E-state index contributed by atoms with van der Waals surface area (Å²) >= 11 is 0. The fourth-order valence-corrected chi connectivity index (χ4v) is 5.81. The number of carbonyl (C=O) groups is 1. The highest BCUT2D eigenvalue weighted by Crippen LogP contribution is 2.32. The highest BCUT2D eigenvalue weighted by Gasteiger charge is 2.22. The van der Waals surface area contributed by atoms with Crippen LogP contribution >= 0.6 is 0 Å². The molecule has 0 spiro atoms. The van der Waals surface area contributed by atoms with Crippen LogP contribution in [0.2, 0.25) is 0 Å². The van der Waals surface area contributed by atoms with E-state index in [1.165, 1.54) is 18.2 Å². The molecule has 13 heteroatoms. The third-order valence-corrected chi connectivity index (χ3v) is 8.48. The van der Waals surface area contributed by atoms with E-state index in [0.29, 0.717) is 42.8 Å². The highest BCUT2D eigenvalue weighted by molar-refractivity contribution is 7.83. The summed E-state index contributed by atoms with van der Waals surface area (Å²) < 4.78 is 27.2. The molecule has 1 atom stereocenters. The number of nitrogens with zero attached hydrogens (tertiary/aromatic N) is 3. The quantitative estimate of drug-likeness (QED) is 0.142. The molecule has 1 aliphatic heterocycles. The van der Waals surface area contributed by atoms with E-state index in [1.54, 1.807) is 36.7 Å². The molecule has 0 bridgehead atoms. The average Bonchev–Trinajstić information content (AvgIpc) is 3.49. The molecule has 1 amide bonds. The number of carbonyl (C=O) groups excluding carboxylic acids is 1. The van der Waals surface area contributed by atoms with Crippen LogP contribution in [-0.2, 0) is 15.7 Å². The Morgan fingerprint density at radius 3 is 2.70 bits per heavy atom. The number of H-pyrrole nitrogens is 1. The molecule has 1 aliphatic rings. The van der Waals surface area contributed by atoms with Crippen LogP contribution in [0.25, 0.3) is 11.0 Å². The summed E-state index contributed by atoms with van der Waals surface area (Å²) in [5.41, 5.74) is 1.83. The first-order valence-electron chi connectivity index (χ1n) is 14.2. The maximum atomic E-state index is 13.4. The predicted octanol–water partition coefficient (Wildman–Crippen LogP) is 5.40. The average molecular weight is 607 g/mol. The summed E-state index contributed by atoms with van der Waals surface area (Å²) in [6.45, 7) is 7.49. The van der Waals surface area contributed by atoms with Crippen LogP contribution in [0.1, 0.15) is 37.0 Å². The molecule has 1 fully saturated rings. The van der Waals surface area contributed by atoms with Crippen molar-refractivity contribution >= 4 is 45.0 Å². The van der Waals surface area contributed by atoms with Crippen LogP contribution in [0, 0.1) is 16.0 Å². The van der Waals surface area contributed by atoms with Gasteiger partial charge in [0.05, 0.1) is 21.6 Å². The van der Waals surface area contributed by atoms with Crippen LogP contribution in [0.15, 0.2) is 65.8 Å². The highest BCUT2D eigenvalue weighted by atomic mass is 32.2. The Balaban J connectivity index is 1.36. The number of benzene rings is 2. The topological polar surface area (TPSA) is 152 Å². The monoisotopic (exact) mass is 606 g/mol. The largest absolute Gasteiger partial charge is 0.455 e. The van der Waals surface area contributed by atoms with Gasteiger partial charge in [0.15, 0.2) is 11.0 Å². The minimum Gasteiger partial charge on any atom is -0.455 e. The number of nitro benzene ring substituents is 1. The van der Waals surface area contributed by atoms with Crippen molar-refractivity contribution in [3.05, 3.63) is 76.6 Å². The molecule has 1 saturated heterocycles. The number of amides is 1. The second kappa shape index (κ2) is 13.7. The molecule has 2 aromatic heterocycles. The summed E-state index contributed by atoms with van der Waals surface area (Å²) in [5.74, 6) is 0.388. The second-order valence-corrected chi connectivity index (χ2v) is 11.3. The standard InChI is InChI=1S/C30H34N6O6S/c1-3-35(4-2)22-5-7-25(28(16-22)42-23-15-21-9-12-31-29(21)33-19-23)30(37)34-43(40)24-6-8-26(27(17-24)36(38)39)32-18-20-10-13-41-14-11-20/h5-9,12,15-17,19-20,32H,3-4,10-11,13-14,18H2,1-2H3,(H,31,33)(H,34,37). The number of pyridine rings is 1. The van der Waals surface area contributed by atoms with E-state index in [-0.39, 0.29) is 21.9 Å². The number of hydrogen-bond acceptors (Lipinski definition) is 9. The van der Waals surface area contributed by atoms with Gasteiger partial charge in [-0.05, 0) is 69.0 Å². The number of nitrogens with one attached hydrogen (secondary N) is 3. The third-order valence-electron chi connectivity index (χ3n) is 7.43. The second-order valence-electron chi connectivity index (χ2n) is 10.1. The molecular weight excluding hydrogens is 572 g/mol. The summed E-state index contributed by atoms with van der Waals surface area (Å²) in [5, 5.41) is 15.8. The third kappa shape index (κ3) is 7.12. The van der Waals surface area contributed by atoms with Gasteiger partial charge in [0.2, 0.25) is 0 Å². The predicted molar refractivity (Wildman–Crippen MR) is 165 cm³/mol. The van der Waals surface area contributed by atoms with Crippen molar-refractivity contribution in [2.75, 3.05) is 43.1 Å². The van der Waals surface area contributed by atoms with Crippen molar-refractivity contribution in [3.63, 3.8) is 0 Å². The van der Waals surface area contributed by atoms with Gasteiger partial charge >= 0.3 is 0 Å². The molecule has 226 valence electrons. The molecule has 5 rings (SSSR count). The summed E-state index contributed by atoms with van der Waals surface area (Å²) in [7, 11) is -2.07. The first-order valence-corrected chi connectivity index (χ1v) is 15.3. The minimum atomic E-state index is -2.07. The first kappa shape index (κ1) is 30.0. The van der Waals surface area contributed by atoms with Crippen LogP contribution < -0.4 is 19.7 Å². The molecule has 2 aromatic carbocycles. The lowest BCUT2D eigenvalue weighted by atomic mass is 10.0. The summed E-state index contributed by atoms with van der Waals surface area (Å²) in [4.78, 5) is 34.3. The van der Waals surface area contributed by atoms with Crippen molar-refractivity contribution in [1.82, 2.24) is 14.7 Å². The van der Waals surface area contributed by atoms with Crippen molar-refractivity contribution < 1.29 is 23.4 Å². The van der Waals surface area contributed by atoms with Gasteiger partial charge in [-0.2, -0.15) is 0 Å². The lowest BCUT2D eigenvalue weighted by molar-refractivity contribution is -0.384. The van der Waals surface area contributed by atoms with Crippen molar-refractivity contribution in [3.8, 4) is 11.5 Å². The maximum absolute atomic E-state index is 13.4. The molecular formula is C30H34N6O6S. The Kier molecular flexibility index (Phi) is 9.52. The van der Waals surface area contributed by atoms with Crippen molar-refractivity contribution in [2.24, 2.45) is 5.92 Å². The van der Waals surface area contributed by atoms with Gasteiger partial charge in [-0.3, -0.25) is 19.6 Å². The smallest absolute Gasteiger partial charge is 0.293 e. The van der Waals surface area contributed by atoms with E-state index in [9.17, 15) is 19.1 Å². The molecule has 0 saturated carbocycles. The lowest BCUT2D eigenvalue weighted by Gasteiger charge is -2.22. The number of aromatic nitrogens is 2. The number of fused-ring (bicyclic) bond motifs is 1. The van der Waals surface area contributed by atoms with Gasteiger partial charge in [0.1, 0.15) is 22.8 Å². The Morgan fingerprint density at radius 2 is 1.95 bits per heavy atom. The van der Waals surface area contributed by atoms with Gasteiger partial charge in [-0.1, -0.05) is 0 Å². The maximum Gasteiger partial charge on any atom is 0.293 e. The molecule has 3 N–H and O–H groups in total. The fourth-order valence-electron chi connectivity index (χ4n) is 5.00. The zero-order chi connectivity index (χ0) is 30.3. The van der Waals surface area contributed by atoms with Gasteiger partial charge in [0.25, 0.3) is 11.6 Å². The zero-order valence-electron chi connectivity index (χ0n) is 24.0. The number of anilines is 2. The van der Waals surface area contributed by atoms with E-state index in [2.05, 4.69) is 24.9 Å². The first-order chi connectivity index (χ1) is 20.9. The molecule has 3 heterocycles. The van der Waals surface area contributed by atoms with Crippen LogP contribution in [-0.4, -0.2) is 57.9 Å². The molecule has 1 unspecified atom stereocenters. The van der Waals surface area contributed by atoms with Gasteiger partial charge in [-0.15, -0.1) is 0 Å². The molecule has 43 heavy (non-hydrogen) atoms. The van der Waals surface area contributed by atoms with E-state index < -0.39 is 21.8 Å². The Hall–Kier alpha value is -4.49. The van der Waals surface area contributed by atoms with E-state index in [1.807, 2.05) is 19.9 Å².